The molecule has 2 rings (SSSR count). The van der Waals surface area contributed by atoms with Crippen LogP contribution in [0.5, 0.6) is 0 Å². The van der Waals surface area contributed by atoms with Crippen molar-refractivity contribution in [3.8, 4) is 0 Å². The molecule has 0 aliphatic carbocycles. The summed E-state index contributed by atoms with van der Waals surface area (Å²) < 4.78 is 38.1. The number of aliphatic hydroxyl groups is 1. The summed E-state index contributed by atoms with van der Waals surface area (Å²) in [6.07, 6.45) is -4.37. The topological polar surface area (TPSA) is 61.3 Å². The van der Waals surface area contributed by atoms with Gasteiger partial charge in [0.05, 0.1) is 12.0 Å². The predicted molar refractivity (Wildman–Crippen MR) is 76.9 cm³/mol. The number of fused-ring (bicyclic) bond motifs is 1. The summed E-state index contributed by atoms with van der Waals surface area (Å²) in [5.41, 5.74) is 0. The van der Waals surface area contributed by atoms with Gasteiger partial charge in [-0.2, -0.15) is 18.2 Å². The van der Waals surface area contributed by atoms with Gasteiger partial charge in [-0.15, -0.1) is 11.3 Å². The molecule has 0 fully saturated rings. The van der Waals surface area contributed by atoms with Crippen LogP contribution in [0, 0.1) is 0 Å². The Morgan fingerprint density at radius 1 is 1.38 bits per heavy atom. The fourth-order valence-corrected chi connectivity index (χ4v) is 2.67. The van der Waals surface area contributed by atoms with Gasteiger partial charge in [0.2, 0.25) is 5.95 Å². The third-order valence-electron chi connectivity index (χ3n) is 2.68. The monoisotopic (exact) mass is 320 g/mol. The zero-order valence-electron chi connectivity index (χ0n) is 11.3. The lowest BCUT2D eigenvalue weighted by molar-refractivity contribution is -0.119. The molecule has 21 heavy (non-hydrogen) atoms. The summed E-state index contributed by atoms with van der Waals surface area (Å²) in [6, 6.07) is 1.69. The van der Waals surface area contributed by atoms with Crippen LogP contribution in [0.25, 0.3) is 10.2 Å². The molecule has 0 aliphatic heterocycles. The van der Waals surface area contributed by atoms with Gasteiger partial charge in [0, 0.05) is 13.1 Å². The van der Waals surface area contributed by atoms with E-state index in [0.29, 0.717) is 16.8 Å². The molecule has 0 saturated carbocycles. The van der Waals surface area contributed by atoms with Crippen LogP contribution in [-0.2, 0) is 0 Å². The van der Waals surface area contributed by atoms with Gasteiger partial charge in [-0.05, 0) is 18.4 Å². The van der Waals surface area contributed by atoms with Crippen molar-refractivity contribution in [1.82, 2.24) is 9.97 Å². The molecule has 0 atom stereocenters. The average Bonchev–Trinajstić information content (AvgIpc) is 2.84. The molecule has 5 nitrogen and oxygen atoms in total. The van der Waals surface area contributed by atoms with E-state index in [0.717, 1.165) is 4.90 Å². The van der Waals surface area contributed by atoms with Crippen LogP contribution in [0.1, 0.15) is 6.92 Å². The van der Waals surface area contributed by atoms with E-state index in [1.807, 2.05) is 6.92 Å². The lowest BCUT2D eigenvalue weighted by Gasteiger charge is -2.25. The second kappa shape index (κ2) is 6.44. The van der Waals surface area contributed by atoms with E-state index in [9.17, 15) is 13.2 Å². The first-order valence-electron chi connectivity index (χ1n) is 6.36. The molecule has 0 bridgehead atoms. The van der Waals surface area contributed by atoms with Crippen molar-refractivity contribution in [2.45, 2.75) is 13.1 Å². The number of nitrogens with one attached hydrogen (secondary N) is 1. The molecule has 116 valence electrons. The van der Waals surface area contributed by atoms with Gasteiger partial charge < -0.3 is 15.3 Å². The normalized spacial score (nSPS) is 11.9. The standard InChI is InChI=1S/C12H15F3N4OS/c1-2-16-11-17-9(8-3-6-21-10(8)18-11)19(4-5-20)7-12(13,14)15/h3,6,20H,2,4-5,7H2,1H3,(H,16,17,18). The summed E-state index contributed by atoms with van der Waals surface area (Å²) in [5, 5.41) is 14.2. The van der Waals surface area contributed by atoms with Crippen LogP contribution >= 0.6 is 11.3 Å². The fraction of sp³-hybridized carbons (Fsp3) is 0.500. The van der Waals surface area contributed by atoms with Crippen LogP contribution in [0.4, 0.5) is 24.9 Å². The number of hydrogen-bond donors (Lipinski definition) is 2. The molecule has 2 heterocycles. The molecule has 0 spiro atoms. The van der Waals surface area contributed by atoms with Gasteiger partial charge in [0.15, 0.2) is 0 Å². The van der Waals surface area contributed by atoms with Crippen LogP contribution < -0.4 is 10.2 Å². The predicted octanol–water partition coefficient (Wildman–Crippen LogP) is 2.48. The Labute approximate surface area is 123 Å². The molecule has 0 radical (unpaired) electrons. The van der Waals surface area contributed by atoms with E-state index in [-0.39, 0.29) is 24.9 Å². The highest BCUT2D eigenvalue weighted by Crippen LogP contribution is 2.30. The maximum atomic E-state index is 12.7. The molecule has 0 saturated heterocycles. The molecule has 0 amide bonds. The summed E-state index contributed by atoms with van der Waals surface area (Å²) in [7, 11) is 0. The van der Waals surface area contributed by atoms with Crippen LogP contribution in [0.3, 0.4) is 0 Å². The Bertz CT molecular complexity index is 602. The number of thiophene rings is 1. The highest BCUT2D eigenvalue weighted by atomic mass is 32.1. The third-order valence-corrected chi connectivity index (χ3v) is 3.49. The highest BCUT2D eigenvalue weighted by molar-refractivity contribution is 7.16. The number of rotatable bonds is 6. The molecule has 2 N–H and O–H groups in total. The van der Waals surface area contributed by atoms with E-state index in [1.165, 1.54) is 11.3 Å². The largest absolute Gasteiger partial charge is 0.405 e. The van der Waals surface area contributed by atoms with E-state index in [2.05, 4.69) is 15.3 Å². The van der Waals surface area contributed by atoms with Crippen molar-refractivity contribution in [2.24, 2.45) is 0 Å². The fourth-order valence-electron chi connectivity index (χ4n) is 1.91. The number of aliphatic hydroxyl groups excluding tert-OH is 1. The first-order chi connectivity index (χ1) is 9.94. The molecule has 0 unspecified atom stereocenters. The Balaban J connectivity index is 2.46. The highest BCUT2D eigenvalue weighted by Gasteiger charge is 2.32. The SMILES string of the molecule is CCNc1nc(N(CCO)CC(F)(F)F)c2ccsc2n1. The minimum Gasteiger partial charge on any atom is -0.395 e. The number of aromatic nitrogens is 2. The van der Waals surface area contributed by atoms with Crippen LogP contribution in [-0.4, -0.2) is 47.5 Å². The number of hydrogen-bond acceptors (Lipinski definition) is 6. The molecule has 2 aromatic rings. The van der Waals surface area contributed by atoms with Crippen molar-refractivity contribution >= 4 is 33.3 Å². The van der Waals surface area contributed by atoms with Crippen molar-refractivity contribution in [2.75, 3.05) is 36.5 Å². The molecular formula is C12H15F3N4OS. The Morgan fingerprint density at radius 3 is 2.76 bits per heavy atom. The molecular weight excluding hydrogens is 305 g/mol. The number of anilines is 2. The second-order valence-corrected chi connectivity index (χ2v) is 5.20. The van der Waals surface area contributed by atoms with Gasteiger partial charge in [-0.1, -0.05) is 0 Å². The average molecular weight is 320 g/mol. The molecule has 0 aliphatic rings. The summed E-state index contributed by atoms with van der Waals surface area (Å²) >= 11 is 1.33. The summed E-state index contributed by atoms with van der Waals surface area (Å²) in [5.74, 6) is 0.469. The van der Waals surface area contributed by atoms with Gasteiger partial charge in [-0.3, -0.25) is 0 Å². The maximum absolute atomic E-state index is 12.7. The molecule has 0 aromatic carbocycles. The van der Waals surface area contributed by atoms with Gasteiger partial charge in [0.25, 0.3) is 0 Å². The molecule has 2 aromatic heterocycles. The summed E-state index contributed by atoms with van der Waals surface area (Å²) in [4.78, 5) is 10.1. The lowest BCUT2D eigenvalue weighted by Crippen LogP contribution is -2.37. The summed E-state index contributed by atoms with van der Waals surface area (Å²) in [6.45, 7) is 0.717. The van der Waals surface area contributed by atoms with Gasteiger partial charge in [-0.25, -0.2) is 4.98 Å². The minimum atomic E-state index is -4.37. The first kappa shape index (κ1) is 15.8. The van der Waals surface area contributed by atoms with Crippen molar-refractivity contribution in [1.29, 1.82) is 0 Å². The van der Waals surface area contributed by atoms with Crippen LogP contribution in [0.15, 0.2) is 11.4 Å². The van der Waals surface area contributed by atoms with Crippen molar-refractivity contribution < 1.29 is 18.3 Å². The van der Waals surface area contributed by atoms with Crippen molar-refractivity contribution in [3.05, 3.63) is 11.4 Å². The first-order valence-corrected chi connectivity index (χ1v) is 7.24. The molecule has 9 heteroatoms. The van der Waals surface area contributed by atoms with E-state index in [4.69, 9.17) is 5.11 Å². The van der Waals surface area contributed by atoms with Crippen molar-refractivity contribution in [3.63, 3.8) is 0 Å². The zero-order valence-corrected chi connectivity index (χ0v) is 12.1. The van der Waals surface area contributed by atoms with E-state index in [1.54, 1.807) is 11.4 Å². The van der Waals surface area contributed by atoms with Gasteiger partial charge >= 0.3 is 6.18 Å². The Hall–Kier alpha value is -1.61. The smallest absolute Gasteiger partial charge is 0.395 e. The van der Waals surface area contributed by atoms with Crippen LogP contribution in [0.2, 0.25) is 0 Å². The van der Waals surface area contributed by atoms with E-state index < -0.39 is 12.7 Å². The number of nitrogens with zero attached hydrogens (tertiary/aromatic N) is 3. The lowest BCUT2D eigenvalue weighted by atomic mass is 10.3. The Morgan fingerprint density at radius 2 is 2.14 bits per heavy atom. The van der Waals surface area contributed by atoms with E-state index >= 15 is 0 Å². The number of halogens is 3. The van der Waals surface area contributed by atoms with Gasteiger partial charge in [0.1, 0.15) is 17.2 Å². The number of alkyl halides is 3. The second-order valence-electron chi connectivity index (χ2n) is 4.30. The zero-order chi connectivity index (χ0) is 15.5. The Kier molecular flexibility index (Phi) is 4.84. The quantitative estimate of drug-likeness (QED) is 0.856. The maximum Gasteiger partial charge on any atom is 0.405 e. The third kappa shape index (κ3) is 3.94. The minimum absolute atomic E-state index is 0.146.